The molecule has 6 rings (SSSR count). The molecule has 0 bridgehead atoms. The average Bonchev–Trinajstić information content (AvgIpc) is 3.45. The van der Waals surface area contributed by atoms with Crippen molar-refractivity contribution in [2.75, 3.05) is 23.4 Å². The van der Waals surface area contributed by atoms with Crippen LogP contribution >= 0.6 is 23.5 Å². The van der Waals surface area contributed by atoms with Gasteiger partial charge in [-0.2, -0.15) is 17.7 Å². The van der Waals surface area contributed by atoms with Crippen LogP contribution in [0.25, 0.3) is 0 Å². The lowest BCUT2D eigenvalue weighted by atomic mass is 10.0. The van der Waals surface area contributed by atoms with Crippen molar-refractivity contribution >= 4 is 58.8 Å². The van der Waals surface area contributed by atoms with E-state index in [2.05, 4.69) is 10.6 Å². The number of amides is 4. The molecule has 1 aromatic heterocycles. The Hall–Kier alpha value is -5.36. The van der Waals surface area contributed by atoms with Crippen molar-refractivity contribution < 1.29 is 56.3 Å². The number of nitrogens with one attached hydrogen (secondary N) is 2. The average molecular weight is 773 g/mol. The summed E-state index contributed by atoms with van der Waals surface area (Å²) in [5, 5.41) is 23.8. The highest BCUT2D eigenvalue weighted by Gasteiger charge is 2.54. The Kier molecular flexibility index (Phi) is 10.8. The van der Waals surface area contributed by atoms with Crippen molar-refractivity contribution in [1.29, 1.82) is 0 Å². The molecule has 4 heterocycles. The Morgan fingerprint density at radius 1 is 1.04 bits per heavy atom. The maximum atomic E-state index is 13.6. The van der Waals surface area contributed by atoms with Crippen LogP contribution in [0, 0.1) is 5.82 Å². The molecule has 4 amide bonds. The number of carboxylic acid groups (broad SMARTS) is 1. The van der Waals surface area contributed by atoms with Gasteiger partial charge in [-0.25, -0.2) is 9.18 Å². The number of nitrogens with zero attached hydrogens (tertiary/aromatic N) is 3. The summed E-state index contributed by atoms with van der Waals surface area (Å²) in [6.45, 7) is 0.550. The number of likely N-dealkylation sites (tertiary alicyclic amines) is 1. The number of thioether (sulfide) groups is 2. The number of phenolic OH excluding ortho intramolecular Hbond substituents is 1. The second-order valence-corrected chi connectivity index (χ2v) is 14.3. The number of β-lactam (4-membered cyclic amide) rings is 1. The monoisotopic (exact) mass is 772 g/mol. The molecular formula is C35H30F4N5O7S2+. The summed E-state index contributed by atoms with van der Waals surface area (Å²) in [5.41, 5.74) is 0.545. The standard InChI is InChI=1S/C35H29F4N5O7S2/c36-25-14-23(3-6-26(25)45)40-27(46)16-42-10-7-19(8-11-42)15-43-12-9-20(31(43)48)13-21-17-53-33-29(32(49)44(33)30(21)34(50)51)41-28(47)18-52-24-4-1-22(2-5-24)35(37,38)39/h1-8,10-11,13-14,29,33H,9,12,15-18H2,(H3-,40,41,45,46,47,50,51)/p+1. The lowest BCUT2D eigenvalue weighted by Gasteiger charge is -2.49. The van der Waals surface area contributed by atoms with Gasteiger partial charge in [0.1, 0.15) is 17.1 Å². The lowest BCUT2D eigenvalue weighted by Crippen LogP contribution is -2.70. The number of aromatic nitrogens is 1. The molecule has 12 nitrogen and oxygen atoms in total. The van der Waals surface area contributed by atoms with Gasteiger partial charge in [0.2, 0.25) is 18.4 Å². The number of hydrogen-bond acceptors (Lipinski definition) is 8. The molecule has 2 atom stereocenters. The fourth-order valence-electron chi connectivity index (χ4n) is 5.89. The van der Waals surface area contributed by atoms with Gasteiger partial charge in [0.05, 0.1) is 11.3 Å². The number of hydrogen-bond donors (Lipinski definition) is 4. The van der Waals surface area contributed by atoms with E-state index in [0.29, 0.717) is 23.4 Å². The molecule has 3 aliphatic heterocycles. The van der Waals surface area contributed by atoms with Gasteiger partial charge >= 0.3 is 12.1 Å². The SMILES string of the molecule is O=C(C[n+]1ccc(CN2CCC(=CC3=C(C(=O)O)N4C(=O)C(NC(=O)CSc5ccc(C(F)(F)F)cc5)C4SC3)C2=O)cc1)Nc1ccc(O)c(F)c1. The molecule has 0 saturated carbocycles. The lowest BCUT2D eigenvalue weighted by molar-refractivity contribution is -0.684. The van der Waals surface area contributed by atoms with Gasteiger partial charge in [-0.05, 0) is 60.0 Å². The number of allylic oxidation sites excluding steroid dienone is 1. The highest BCUT2D eigenvalue weighted by atomic mass is 32.2. The number of halogens is 4. The van der Waals surface area contributed by atoms with Gasteiger partial charge in [0.15, 0.2) is 24.0 Å². The molecule has 3 aliphatic rings. The van der Waals surface area contributed by atoms with E-state index in [1.165, 1.54) is 36.0 Å². The summed E-state index contributed by atoms with van der Waals surface area (Å²) in [4.78, 5) is 66.9. The minimum atomic E-state index is -4.48. The zero-order valence-corrected chi connectivity index (χ0v) is 29.1. The van der Waals surface area contributed by atoms with E-state index in [4.69, 9.17) is 0 Å². The summed E-state index contributed by atoms with van der Waals surface area (Å²) >= 11 is 2.23. The number of benzene rings is 2. The molecule has 0 spiro atoms. The summed E-state index contributed by atoms with van der Waals surface area (Å²) in [6.07, 6.45) is 0.676. The van der Waals surface area contributed by atoms with Crippen molar-refractivity contribution in [3.8, 4) is 5.75 Å². The van der Waals surface area contributed by atoms with E-state index < -0.39 is 58.4 Å². The zero-order chi connectivity index (χ0) is 38.0. The van der Waals surface area contributed by atoms with Gasteiger partial charge in [0.25, 0.3) is 11.8 Å². The second kappa shape index (κ2) is 15.3. The molecule has 2 aromatic carbocycles. The van der Waals surface area contributed by atoms with Crippen LogP contribution in [0.15, 0.2) is 94.8 Å². The molecule has 0 radical (unpaired) electrons. The molecule has 2 saturated heterocycles. The van der Waals surface area contributed by atoms with Gasteiger partial charge in [-0.15, -0.1) is 23.5 Å². The van der Waals surface area contributed by atoms with Crippen molar-refractivity contribution in [3.63, 3.8) is 0 Å². The number of carbonyl (C=O) groups is 5. The Balaban J connectivity index is 1.03. The first-order valence-corrected chi connectivity index (χ1v) is 18.0. The Morgan fingerprint density at radius 2 is 1.75 bits per heavy atom. The second-order valence-electron chi connectivity index (χ2n) is 12.2. The van der Waals surface area contributed by atoms with Gasteiger partial charge in [-0.3, -0.25) is 24.1 Å². The van der Waals surface area contributed by atoms with Crippen LogP contribution in [0.4, 0.5) is 23.2 Å². The zero-order valence-electron chi connectivity index (χ0n) is 27.4. The third kappa shape index (κ3) is 8.49. The number of pyridine rings is 1. The largest absolute Gasteiger partial charge is 0.505 e. The smallest absolute Gasteiger partial charge is 0.416 e. The number of phenols is 1. The Morgan fingerprint density at radius 3 is 2.42 bits per heavy atom. The van der Waals surface area contributed by atoms with Crippen LogP contribution in [0.3, 0.4) is 0 Å². The maximum absolute atomic E-state index is 13.6. The van der Waals surface area contributed by atoms with Crippen LogP contribution in [-0.2, 0) is 43.2 Å². The highest BCUT2D eigenvalue weighted by Crippen LogP contribution is 2.41. The van der Waals surface area contributed by atoms with Crippen LogP contribution in [0.5, 0.6) is 5.75 Å². The summed E-state index contributed by atoms with van der Waals surface area (Å²) in [7, 11) is 0. The Labute approximate surface area is 307 Å². The molecule has 4 N–H and O–H groups in total. The molecule has 18 heteroatoms. The number of anilines is 1. The molecule has 3 aromatic rings. The number of rotatable bonds is 11. The topological polar surface area (TPSA) is 160 Å². The molecule has 276 valence electrons. The van der Waals surface area contributed by atoms with Gasteiger partial charge in [0, 0.05) is 53.2 Å². The fourth-order valence-corrected chi connectivity index (χ4v) is 7.91. The van der Waals surface area contributed by atoms with Crippen LogP contribution in [0.1, 0.15) is 17.5 Å². The predicted molar refractivity (Wildman–Crippen MR) is 183 cm³/mol. The number of fused-ring (bicyclic) bond motifs is 1. The van der Waals surface area contributed by atoms with Crippen molar-refractivity contribution in [3.05, 3.63) is 107 Å². The molecule has 0 aliphatic carbocycles. The fraction of sp³-hybridized carbons (Fsp3) is 0.257. The molecule has 53 heavy (non-hydrogen) atoms. The van der Waals surface area contributed by atoms with E-state index in [1.54, 1.807) is 34.0 Å². The summed E-state index contributed by atoms with van der Waals surface area (Å²) in [6, 6.07) is 10.3. The number of aromatic hydroxyl groups is 1. The van der Waals surface area contributed by atoms with Gasteiger partial charge in [-0.1, -0.05) is 0 Å². The van der Waals surface area contributed by atoms with Crippen LogP contribution in [0.2, 0.25) is 0 Å². The van der Waals surface area contributed by atoms with E-state index in [1.807, 2.05) is 0 Å². The molecular weight excluding hydrogens is 743 g/mol. The third-order valence-electron chi connectivity index (χ3n) is 8.52. The first kappa shape index (κ1) is 37.4. The summed E-state index contributed by atoms with van der Waals surface area (Å²) in [5.74, 6) is -4.65. The Bertz CT molecular complexity index is 2040. The quantitative estimate of drug-likeness (QED) is 0.0570. The van der Waals surface area contributed by atoms with E-state index in [0.717, 1.165) is 46.5 Å². The van der Waals surface area contributed by atoms with Crippen molar-refractivity contribution in [2.24, 2.45) is 0 Å². The predicted octanol–water partition coefficient (Wildman–Crippen LogP) is 3.67. The van der Waals surface area contributed by atoms with Crippen molar-refractivity contribution in [2.45, 2.75) is 42.0 Å². The number of carboxylic acids is 1. The minimum Gasteiger partial charge on any atom is -0.505 e. The summed E-state index contributed by atoms with van der Waals surface area (Å²) < 4.78 is 53.6. The highest BCUT2D eigenvalue weighted by molar-refractivity contribution is 8.00. The first-order chi connectivity index (χ1) is 25.2. The van der Waals surface area contributed by atoms with E-state index >= 15 is 0 Å². The molecule has 2 fully saturated rings. The van der Waals surface area contributed by atoms with Crippen molar-refractivity contribution in [1.82, 2.24) is 15.1 Å². The normalized spacial score (nSPS) is 19.3. The van der Waals surface area contributed by atoms with Crippen LogP contribution < -0.4 is 15.2 Å². The van der Waals surface area contributed by atoms with E-state index in [-0.39, 0.29) is 47.5 Å². The van der Waals surface area contributed by atoms with E-state index in [9.17, 15) is 51.7 Å². The number of carbonyl (C=O) groups excluding carboxylic acids is 4. The first-order valence-electron chi connectivity index (χ1n) is 15.9. The van der Waals surface area contributed by atoms with Crippen LogP contribution in [-0.4, -0.2) is 79.1 Å². The van der Waals surface area contributed by atoms with Gasteiger partial charge < -0.3 is 25.7 Å². The maximum Gasteiger partial charge on any atom is 0.416 e. The third-order valence-corrected chi connectivity index (χ3v) is 10.8. The number of aliphatic carboxylic acids is 1. The molecule has 2 unspecified atom stereocenters. The minimum absolute atomic E-state index is 0.0736. The number of alkyl halides is 3.